The molecule has 1 aromatic carbocycles. The van der Waals surface area contributed by atoms with E-state index in [0.29, 0.717) is 31.4 Å². The minimum absolute atomic E-state index is 0.197. The highest BCUT2D eigenvalue weighted by Crippen LogP contribution is 2.30. The van der Waals surface area contributed by atoms with Crippen molar-refractivity contribution in [2.45, 2.75) is 52.0 Å². The van der Waals surface area contributed by atoms with Gasteiger partial charge in [-0.2, -0.15) is 5.10 Å². The molecule has 1 aliphatic carbocycles. The highest BCUT2D eigenvalue weighted by Gasteiger charge is 2.30. The summed E-state index contributed by atoms with van der Waals surface area (Å²) in [7, 11) is 0. The zero-order valence-electron chi connectivity index (χ0n) is 14.9. The number of aliphatic carboxylic acids is 1. The molecule has 1 aromatic heterocycles. The first kappa shape index (κ1) is 18.1. The number of carboxylic acid groups (broad SMARTS) is 1. The second-order valence-corrected chi connectivity index (χ2v) is 6.60. The first-order chi connectivity index (χ1) is 12.4. The zero-order chi connectivity index (χ0) is 18.8. The summed E-state index contributed by atoms with van der Waals surface area (Å²) >= 11 is 0. The van der Waals surface area contributed by atoms with E-state index in [9.17, 15) is 19.1 Å². The lowest BCUT2D eigenvalue weighted by Gasteiger charge is -2.13. The molecule has 0 radical (unpaired) electrons. The number of benzene rings is 1. The van der Waals surface area contributed by atoms with Crippen LogP contribution in [0.15, 0.2) is 18.2 Å². The van der Waals surface area contributed by atoms with Gasteiger partial charge in [-0.3, -0.25) is 4.79 Å². The minimum atomic E-state index is -1.07. The smallest absolute Gasteiger partial charge is 0.326 e. The number of hydrogen-bond acceptors (Lipinski definition) is 3. The van der Waals surface area contributed by atoms with Crippen molar-refractivity contribution in [1.29, 1.82) is 0 Å². The number of nitrogens with one attached hydrogen (secondary N) is 1. The van der Waals surface area contributed by atoms with E-state index in [1.165, 1.54) is 10.7 Å². The quantitative estimate of drug-likeness (QED) is 0.831. The van der Waals surface area contributed by atoms with Gasteiger partial charge in [0.2, 0.25) is 0 Å². The van der Waals surface area contributed by atoms with Crippen LogP contribution in [0.25, 0.3) is 5.69 Å². The van der Waals surface area contributed by atoms with Gasteiger partial charge in [0, 0.05) is 11.3 Å². The molecule has 1 atom stereocenters. The summed E-state index contributed by atoms with van der Waals surface area (Å²) in [5.74, 6) is -1.98. The number of rotatable bonds is 6. The Hall–Kier alpha value is -2.70. The summed E-state index contributed by atoms with van der Waals surface area (Å²) in [5.41, 5.74) is 2.87. The van der Waals surface area contributed by atoms with E-state index in [1.807, 2.05) is 6.92 Å². The maximum Gasteiger partial charge on any atom is 0.326 e. The van der Waals surface area contributed by atoms with Gasteiger partial charge in [0.25, 0.3) is 5.91 Å². The summed E-state index contributed by atoms with van der Waals surface area (Å²) < 4.78 is 15.9. The maximum atomic E-state index is 14.4. The fourth-order valence-electron chi connectivity index (χ4n) is 3.47. The predicted molar refractivity (Wildman–Crippen MR) is 94.1 cm³/mol. The summed E-state index contributed by atoms with van der Waals surface area (Å²) in [6.45, 7) is 3.65. The lowest BCUT2D eigenvalue weighted by Crippen LogP contribution is -2.41. The van der Waals surface area contributed by atoms with Crippen LogP contribution in [0.2, 0.25) is 0 Å². The average Bonchev–Trinajstić information content (AvgIpc) is 3.17. The lowest BCUT2D eigenvalue weighted by molar-refractivity contribution is -0.139. The van der Waals surface area contributed by atoms with Crippen molar-refractivity contribution in [1.82, 2.24) is 15.1 Å². The Morgan fingerprint density at radius 3 is 2.81 bits per heavy atom. The van der Waals surface area contributed by atoms with Gasteiger partial charge in [0.1, 0.15) is 17.5 Å². The molecular weight excluding hydrogens is 337 g/mol. The van der Waals surface area contributed by atoms with Gasteiger partial charge in [0.05, 0.1) is 0 Å². The van der Waals surface area contributed by atoms with E-state index in [2.05, 4.69) is 10.4 Å². The standard InChI is InChI=1S/C19H22FN3O3/c1-3-6-14(19(25)26)21-18(24)16-12-8-5-10-15(12)23(22-16)17-11(2)7-4-9-13(17)20/h4,7,9,14H,3,5-6,8,10H2,1-2H3,(H,21,24)(H,25,26). The molecule has 1 aliphatic rings. The highest BCUT2D eigenvalue weighted by atomic mass is 19.1. The van der Waals surface area contributed by atoms with Gasteiger partial charge in [-0.1, -0.05) is 25.5 Å². The van der Waals surface area contributed by atoms with Crippen molar-refractivity contribution < 1.29 is 19.1 Å². The first-order valence-electron chi connectivity index (χ1n) is 8.84. The molecule has 6 nitrogen and oxygen atoms in total. The molecule has 3 rings (SSSR count). The summed E-state index contributed by atoms with van der Waals surface area (Å²) in [4.78, 5) is 24.0. The minimum Gasteiger partial charge on any atom is -0.480 e. The normalized spacial score (nSPS) is 14.1. The Labute approximate surface area is 151 Å². The van der Waals surface area contributed by atoms with Gasteiger partial charge in [-0.05, 0) is 44.2 Å². The first-order valence-corrected chi connectivity index (χ1v) is 8.84. The molecule has 1 heterocycles. The number of aromatic nitrogens is 2. The molecule has 0 aliphatic heterocycles. The third-order valence-corrected chi connectivity index (χ3v) is 4.73. The van der Waals surface area contributed by atoms with E-state index in [1.54, 1.807) is 19.1 Å². The molecule has 2 aromatic rings. The van der Waals surface area contributed by atoms with E-state index in [4.69, 9.17) is 0 Å². The molecule has 138 valence electrons. The lowest BCUT2D eigenvalue weighted by atomic mass is 10.1. The van der Waals surface area contributed by atoms with E-state index in [0.717, 1.165) is 23.2 Å². The van der Waals surface area contributed by atoms with Crippen molar-refractivity contribution in [3.05, 3.63) is 46.5 Å². The Morgan fingerprint density at radius 2 is 2.15 bits per heavy atom. The van der Waals surface area contributed by atoms with Crippen molar-refractivity contribution in [2.24, 2.45) is 0 Å². The van der Waals surface area contributed by atoms with Crippen molar-refractivity contribution >= 4 is 11.9 Å². The van der Waals surface area contributed by atoms with Crippen LogP contribution in [-0.2, 0) is 17.6 Å². The predicted octanol–water partition coefficient (Wildman–Crippen LogP) is 2.79. The molecule has 0 fully saturated rings. The maximum absolute atomic E-state index is 14.4. The van der Waals surface area contributed by atoms with Crippen LogP contribution in [0, 0.1) is 12.7 Å². The summed E-state index contributed by atoms with van der Waals surface area (Å²) in [6, 6.07) is 3.84. The fraction of sp³-hybridized carbons (Fsp3) is 0.421. The number of carboxylic acids is 1. The van der Waals surface area contributed by atoms with Gasteiger partial charge < -0.3 is 10.4 Å². The number of aryl methyl sites for hydroxylation is 1. The SMILES string of the molecule is CCCC(NC(=O)c1nn(-c2c(C)cccc2F)c2c1CCC2)C(=O)O. The second kappa shape index (κ2) is 7.27. The summed E-state index contributed by atoms with van der Waals surface area (Å²) in [6.07, 6.45) is 3.23. The number of carbonyl (C=O) groups is 2. The van der Waals surface area contributed by atoms with Gasteiger partial charge in [-0.25, -0.2) is 13.9 Å². The number of carbonyl (C=O) groups excluding carboxylic acids is 1. The fourth-order valence-corrected chi connectivity index (χ4v) is 3.47. The number of hydrogen-bond donors (Lipinski definition) is 2. The Kier molecular flexibility index (Phi) is 5.06. The van der Waals surface area contributed by atoms with Crippen LogP contribution in [0.4, 0.5) is 4.39 Å². The number of amides is 1. The van der Waals surface area contributed by atoms with Gasteiger partial charge in [-0.15, -0.1) is 0 Å². The van der Waals surface area contributed by atoms with Crippen LogP contribution >= 0.6 is 0 Å². The largest absolute Gasteiger partial charge is 0.480 e. The molecule has 0 saturated carbocycles. The van der Waals surface area contributed by atoms with Crippen molar-refractivity contribution in [3.8, 4) is 5.69 Å². The van der Waals surface area contributed by atoms with Crippen molar-refractivity contribution in [2.75, 3.05) is 0 Å². The number of nitrogens with zero attached hydrogens (tertiary/aromatic N) is 2. The summed E-state index contributed by atoms with van der Waals surface area (Å²) in [5, 5.41) is 16.2. The number of para-hydroxylation sites is 1. The molecule has 0 bridgehead atoms. The van der Waals surface area contributed by atoms with Crippen LogP contribution in [-0.4, -0.2) is 32.8 Å². The van der Waals surface area contributed by atoms with Crippen LogP contribution in [0.1, 0.15) is 53.5 Å². The van der Waals surface area contributed by atoms with E-state index >= 15 is 0 Å². The molecule has 0 saturated heterocycles. The van der Waals surface area contributed by atoms with Crippen molar-refractivity contribution in [3.63, 3.8) is 0 Å². The molecule has 26 heavy (non-hydrogen) atoms. The van der Waals surface area contributed by atoms with Gasteiger partial charge in [0.15, 0.2) is 5.69 Å². The molecule has 1 unspecified atom stereocenters. The molecular formula is C19H22FN3O3. The van der Waals surface area contributed by atoms with E-state index < -0.39 is 23.7 Å². The van der Waals surface area contributed by atoms with Crippen LogP contribution < -0.4 is 5.32 Å². The van der Waals surface area contributed by atoms with Crippen LogP contribution in [0.5, 0.6) is 0 Å². The Balaban J connectivity index is 2.00. The second-order valence-electron chi connectivity index (χ2n) is 6.60. The number of fused-ring (bicyclic) bond motifs is 1. The monoisotopic (exact) mass is 359 g/mol. The topological polar surface area (TPSA) is 84.2 Å². The van der Waals surface area contributed by atoms with Crippen LogP contribution in [0.3, 0.4) is 0 Å². The molecule has 1 amide bonds. The molecule has 2 N–H and O–H groups in total. The van der Waals surface area contributed by atoms with E-state index in [-0.39, 0.29) is 5.69 Å². The molecule has 7 heteroatoms. The van der Waals surface area contributed by atoms with Gasteiger partial charge >= 0.3 is 5.97 Å². The zero-order valence-corrected chi connectivity index (χ0v) is 14.9. The third kappa shape index (κ3) is 3.21. The number of halogens is 1. The average molecular weight is 359 g/mol. The third-order valence-electron chi connectivity index (χ3n) is 4.73. The molecule has 0 spiro atoms. The highest BCUT2D eigenvalue weighted by molar-refractivity contribution is 5.96. The Bertz CT molecular complexity index is 840. The Morgan fingerprint density at radius 1 is 1.38 bits per heavy atom.